The van der Waals surface area contributed by atoms with E-state index in [9.17, 15) is 0 Å². The van der Waals surface area contributed by atoms with Gasteiger partial charge in [0.2, 0.25) is 0 Å². The zero-order chi connectivity index (χ0) is 19.9. The van der Waals surface area contributed by atoms with Crippen LogP contribution in [0.4, 0.5) is 0 Å². The average Bonchev–Trinajstić information content (AvgIpc) is 2.67. The molecule has 0 aliphatic carbocycles. The maximum Gasteiger partial charge on any atom is 2.00 e. The van der Waals surface area contributed by atoms with Gasteiger partial charge in [0.25, 0.3) is 0 Å². The van der Waals surface area contributed by atoms with Gasteiger partial charge in [0.1, 0.15) is 0 Å². The van der Waals surface area contributed by atoms with Gasteiger partial charge in [0.15, 0.2) is 0 Å². The molecule has 0 atom stereocenters. The first-order valence-electron chi connectivity index (χ1n) is 8.32. The third kappa shape index (κ3) is 30.5. The molecule has 2 aromatic rings. The number of hydrogen-bond acceptors (Lipinski definition) is 4. The van der Waals surface area contributed by atoms with Crippen molar-refractivity contribution in [3.8, 4) is 0 Å². The molecule has 0 aliphatic rings. The molecule has 0 unspecified atom stereocenters. The Bertz CT molecular complexity index is 413. The molecule has 0 bridgehead atoms. The molecule has 0 aromatic heterocycles. The Balaban J connectivity index is -0.000000282. The molecule has 0 aliphatic heterocycles. The van der Waals surface area contributed by atoms with Gasteiger partial charge in [-0.15, -0.1) is 24.3 Å². The van der Waals surface area contributed by atoms with Gasteiger partial charge >= 0.3 is 46.9 Å². The number of benzene rings is 2. The minimum absolute atomic E-state index is 0. The van der Waals surface area contributed by atoms with Crippen molar-refractivity contribution in [2.45, 2.75) is 0 Å². The van der Waals surface area contributed by atoms with Crippen LogP contribution >= 0.6 is 0 Å². The van der Waals surface area contributed by atoms with Crippen LogP contribution in [0, 0.1) is 60.8 Å². The number of ether oxygens (including phenoxy) is 4. The van der Waals surface area contributed by atoms with Crippen molar-refractivity contribution in [1.29, 1.82) is 0 Å². The van der Waals surface area contributed by atoms with Crippen LogP contribution < -0.4 is 0 Å². The summed E-state index contributed by atoms with van der Waals surface area (Å²) in [5, 5.41) is 0. The van der Waals surface area contributed by atoms with E-state index >= 15 is 0 Å². The smallest absolute Gasteiger partial charge is 0.382 e. The van der Waals surface area contributed by atoms with Crippen molar-refractivity contribution < 1.29 is 65.9 Å². The van der Waals surface area contributed by atoms with E-state index in [1.165, 1.54) is 0 Å². The van der Waals surface area contributed by atoms with E-state index in [0.717, 1.165) is 11.1 Å². The Hall–Kier alpha value is -0.461. The standard InChI is InChI=1S/2C7H7.2C4H10O2.Yb/c2*1-7-5-3-2-4-6-7;2*1-5-3-4-6-2;/h2*2-6H,1H2;2*3-4H2,1-2H3;/q2*-1;;;+2. The van der Waals surface area contributed by atoms with Gasteiger partial charge in [-0.3, -0.25) is 0 Å². The van der Waals surface area contributed by atoms with Gasteiger partial charge in [-0.25, -0.2) is 0 Å². The van der Waals surface area contributed by atoms with Crippen LogP contribution in [0.25, 0.3) is 0 Å². The van der Waals surface area contributed by atoms with E-state index in [2.05, 4.69) is 32.8 Å². The van der Waals surface area contributed by atoms with Crippen LogP contribution in [0.15, 0.2) is 60.7 Å². The summed E-state index contributed by atoms with van der Waals surface area (Å²) in [6, 6.07) is 19.7. The predicted molar refractivity (Wildman–Crippen MR) is 109 cm³/mol. The van der Waals surface area contributed by atoms with Crippen LogP contribution in [0.5, 0.6) is 0 Å². The van der Waals surface area contributed by atoms with E-state index < -0.39 is 0 Å². The zero-order valence-corrected chi connectivity index (χ0v) is 18.6. The Morgan fingerprint density at radius 2 is 0.741 bits per heavy atom. The van der Waals surface area contributed by atoms with Crippen molar-refractivity contribution in [3.05, 3.63) is 85.6 Å². The normalized spacial score (nSPS) is 8.44. The van der Waals surface area contributed by atoms with Crippen LogP contribution in [0.3, 0.4) is 0 Å². The van der Waals surface area contributed by atoms with E-state index in [1.807, 2.05) is 60.7 Å². The molecule has 0 spiro atoms. The second kappa shape index (κ2) is 27.8. The van der Waals surface area contributed by atoms with E-state index in [1.54, 1.807) is 28.4 Å². The van der Waals surface area contributed by atoms with Crippen molar-refractivity contribution in [1.82, 2.24) is 0 Å². The summed E-state index contributed by atoms with van der Waals surface area (Å²) in [5.74, 6) is 0. The largest absolute Gasteiger partial charge is 2.00 e. The van der Waals surface area contributed by atoms with E-state index in [-0.39, 0.29) is 46.9 Å². The Morgan fingerprint density at radius 3 is 0.852 bits per heavy atom. The van der Waals surface area contributed by atoms with Crippen molar-refractivity contribution in [2.75, 3.05) is 54.9 Å². The molecule has 5 heteroatoms. The predicted octanol–water partition coefficient (Wildman–Crippen LogP) is 4.30. The minimum Gasteiger partial charge on any atom is -0.382 e. The fraction of sp³-hybridized carbons (Fsp3) is 0.364. The first kappa shape index (κ1) is 31.2. The van der Waals surface area contributed by atoms with Gasteiger partial charge in [-0.05, 0) is 0 Å². The summed E-state index contributed by atoms with van der Waals surface area (Å²) in [6.45, 7) is 10.2. The second-order valence-electron chi connectivity index (χ2n) is 4.94. The average molecular weight is 536 g/mol. The minimum atomic E-state index is 0. The van der Waals surface area contributed by atoms with Gasteiger partial charge in [0, 0.05) is 28.4 Å². The summed E-state index contributed by atoms with van der Waals surface area (Å²) < 4.78 is 18.6. The number of hydrogen-bond donors (Lipinski definition) is 0. The topological polar surface area (TPSA) is 36.9 Å². The van der Waals surface area contributed by atoms with Gasteiger partial charge in [0.05, 0.1) is 26.4 Å². The molecule has 0 amide bonds. The fourth-order valence-electron chi connectivity index (χ4n) is 1.29. The zero-order valence-electron chi connectivity index (χ0n) is 16.9. The summed E-state index contributed by atoms with van der Waals surface area (Å²) >= 11 is 0. The Morgan fingerprint density at radius 1 is 0.519 bits per heavy atom. The molecule has 0 N–H and O–H groups in total. The SMILES string of the molecule is COCCOC.COCCOC.[CH2-]c1ccccc1.[CH2-]c1ccccc1.[Yb+2]. The van der Waals surface area contributed by atoms with Crippen LogP contribution in [-0.2, 0) is 18.9 Å². The molecule has 0 saturated carbocycles. The molecule has 0 fully saturated rings. The maximum absolute atomic E-state index is 4.66. The van der Waals surface area contributed by atoms with Crippen molar-refractivity contribution in [3.63, 3.8) is 0 Å². The number of methoxy groups -OCH3 is 4. The molecule has 27 heavy (non-hydrogen) atoms. The van der Waals surface area contributed by atoms with Crippen LogP contribution in [-0.4, -0.2) is 54.9 Å². The molecule has 160 valence electrons. The molecule has 2 aromatic carbocycles. The molecular formula is C22H34O4Yb. The van der Waals surface area contributed by atoms with Crippen LogP contribution in [0.1, 0.15) is 11.1 Å². The third-order valence-electron chi connectivity index (χ3n) is 2.67. The molecule has 4 nitrogen and oxygen atoms in total. The van der Waals surface area contributed by atoms with Gasteiger partial charge in [-0.2, -0.15) is 49.2 Å². The number of rotatable bonds is 6. The summed E-state index contributed by atoms with van der Waals surface area (Å²) in [6.07, 6.45) is 0. The molecule has 0 heterocycles. The third-order valence-corrected chi connectivity index (χ3v) is 2.67. The Kier molecular flexibility index (Phi) is 32.1. The monoisotopic (exact) mass is 536 g/mol. The molecular weight excluding hydrogens is 501 g/mol. The van der Waals surface area contributed by atoms with Gasteiger partial charge in [-0.1, -0.05) is 12.1 Å². The second-order valence-corrected chi connectivity index (χ2v) is 4.94. The molecule has 2 rings (SSSR count). The van der Waals surface area contributed by atoms with Crippen molar-refractivity contribution in [2.24, 2.45) is 0 Å². The molecule has 0 radical (unpaired) electrons. The van der Waals surface area contributed by atoms with Crippen molar-refractivity contribution >= 4 is 0 Å². The Labute approximate surface area is 204 Å². The summed E-state index contributed by atoms with van der Waals surface area (Å²) in [4.78, 5) is 0. The summed E-state index contributed by atoms with van der Waals surface area (Å²) in [5.41, 5.74) is 2.14. The van der Waals surface area contributed by atoms with Gasteiger partial charge < -0.3 is 18.9 Å². The quantitative estimate of drug-likeness (QED) is 0.409. The fourth-order valence-corrected chi connectivity index (χ4v) is 1.29. The molecule has 0 saturated heterocycles. The van der Waals surface area contributed by atoms with Crippen LogP contribution in [0.2, 0.25) is 0 Å². The maximum atomic E-state index is 4.66. The first-order chi connectivity index (χ1) is 12.6. The first-order valence-corrected chi connectivity index (χ1v) is 8.32. The summed E-state index contributed by atoms with van der Waals surface area (Å²) in [7, 11) is 6.61. The van der Waals surface area contributed by atoms with E-state index in [4.69, 9.17) is 0 Å². The van der Waals surface area contributed by atoms with E-state index in [0.29, 0.717) is 26.4 Å².